The fourth-order valence-corrected chi connectivity index (χ4v) is 1.55. The first kappa shape index (κ1) is 12.7. The Bertz CT molecular complexity index is 554. The van der Waals surface area contributed by atoms with Gasteiger partial charge < -0.3 is 15.4 Å². The highest BCUT2D eigenvalue weighted by Crippen LogP contribution is 2.02. The van der Waals surface area contributed by atoms with Crippen LogP contribution in [0.15, 0.2) is 37.1 Å². The van der Waals surface area contributed by atoms with Crippen molar-refractivity contribution in [3.63, 3.8) is 0 Å². The predicted octanol–water partition coefficient (Wildman–Crippen LogP) is 0.230. The third-order valence-electron chi connectivity index (χ3n) is 2.51. The lowest BCUT2D eigenvalue weighted by molar-refractivity contribution is -0.139. The summed E-state index contributed by atoms with van der Waals surface area (Å²) < 4.78 is 0. The summed E-state index contributed by atoms with van der Waals surface area (Å²) in [5, 5.41) is 11.5. The van der Waals surface area contributed by atoms with Crippen LogP contribution in [0, 0.1) is 0 Å². The summed E-state index contributed by atoms with van der Waals surface area (Å²) in [4.78, 5) is 33.4. The van der Waals surface area contributed by atoms with E-state index in [0.29, 0.717) is 11.3 Å². The molecule has 0 aliphatic rings. The minimum atomic E-state index is -1.10. The molecule has 2 rings (SSSR count). The van der Waals surface area contributed by atoms with Gasteiger partial charge >= 0.3 is 5.97 Å². The molecule has 0 fully saturated rings. The first-order chi connectivity index (χ1) is 9.16. The molecule has 3 N–H and O–H groups in total. The Morgan fingerprint density at radius 3 is 2.79 bits per heavy atom. The highest BCUT2D eigenvalue weighted by atomic mass is 16.4. The van der Waals surface area contributed by atoms with E-state index in [9.17, 15) is 9.59 Å². The fraction of sp³-hybridized carbons (Fsp3) is 0.167. The summed E-state index contributed by atoms with van der Waals surface area (Å²) in [5.41, 5.74) is 0.956. The van der Waals surface area contributed by atoms with Crippen molar-refractivity contribution in [1.29, 1.82) is 0 Å². The average molecular weight is 260 g/mol. The van der Waals surface area contributed by atoms with Gasteiger partial charge in [-0.1, -0.05) is 0 Å². The van der Waals surface area contributed by atoms with E-state index < -0.39 is 17.9 Å². The van der Waals surface area contributed by atoms with Crippen LogP contribution in [0.4, 0.5) is 0 Å². The molecule has 19 heavy (non-hydrogen) atoms. The summed E-state index contributed by atoms with van der Waals surface area (Å²) in [5.74, 6) is -1.58. The maximum absolute atomic E-state index is 11.8. The molecule has 0 radical (unpaired) electrons. The summed E-state index contributed by atoms with van der Waals surface area (Å²) >= 11 is 0. The Labute approximate surface area is 108 Å². The van der Waals surface area contributed by atoms with Crippen LogP contribution in [0.3, 0.4) is 0 Å². The van der Waals surface area contributed by atoms with Crippen LogP contribution in [-0.4, -0.2) is 38.0 Å². The molecule has 98 valence electrons. The minimum Gasteiger partial charge on any atom is -0.480 e. The second kappa shape index (κ2) is 5.76. The number of imidazole rings is 1. The van der Waals surface area contributed by atoms with Gasteiger partial charge in [-0.05, 0) is 12.1 Å². The molecule has 0 saturated carbocycles. The van der Waals surface area contributed by atoms with Gasteiger partial charge in [0.1, 0.15) is 6.04 Å². The van der Waals surface area contributed by atoms with Gasteiger partial charge in [-0.25, -0.2) is 9.78 Å². The van der Waals surface area contributed by atoms with Crippen molar-refractivity contribution in [2.24, 2.45) is 0 Å². The first-order valence-electron chi connectivity index (χ1n) is 5.58. The lowest BCUT2D eigenvalue weighted by Gasteiger charge is -2.13. The van der Waals surface area contributed by atoms with Gasteiger partial charge in [-0.15, -0.1) is 0 Å². The average Bonchev–Trinajstić information content (AvgIpc) is 2.91. The van der Waals surface area contributed by atoms with Crippen LogP contribution in [-0.2, 0) is 11.2 Å². The summed E-state index contributed by atoms with van der Waals surface area (Å²) in [6.45, 7) is 0. The van der Waals surface area contributed by atoms with Gasteiger partial charge in [-0.3, -0.25) is 9.78 Å². The maximum atomic E-state index is 11.8. The Morgan fingerprint density at radius 1 is 1.37 bits per heavy atom. The van der Waals surface area contributed by atoms with Crippen molar-refractivity contribution in [2.75, 3.05) is 0 Å². The third kappa shape index (κ3) is 3.38. The van der Waals surface area contributed by atoms with Crippen LogP contribution in [0.5, 0.6) is 0 Å². The zero-order valence-electron chi connectivity index (χ0n) is 9.91. The number of H-pyrrole nitrogens is 1. The molecule has 0 aromatic carbocycles. The van der Waals surface area contributed by atoms with E-state index in [4.69, 9.17) is 5.11 Å². The predicted molar refractivity (Wildman–Crippen MR) is 65.4 cm³/mol. The molecule has 2 heterocycles. The summed E-state index contributed by atoms with van der Waals surface area (Å²) in [7, 11) is 0. The van der Waals surface area contributed by atoms with Crippen molar-refractivity contribution in [3.05, 3.63) is 48.3 Å². The number of nitrogens with one attached hydrogen (secondary N) is 2. The zero-order chi connectivity index (χ0) is 13.7. The topological polar surface area (TPSA) is 108 Å². The van der Waals surface area contributed by atoms with Crippen LogP contribution in [0.2, 0.25) is 0 Å². The van der Waals surface area contributed by atoms with E-state index in [1.54, 1.807) is 12.1 Å². The van der Waals surface area contributed by atoms with Crippen LogP contribution in [0.25, 0.3) is 0 Å². The lowest BCUT2D eigenvalue weighted by Crippen LogP contribution is -2.42. The number of carboxylic acid groups (broad SMARTS) is 1. The van der Waals surface area contributed by atoms with Crippen LogP contribution >= 0.6 is 0 Å². The summed E-state index contributed by atoms with van der Waals surface area (Å²) in [6, 6.07) is 2.16. The molecule has 0 spiro atoms. The van der Waals surface area contributed by atoms with E-state index in [1.807, 2.05) is 0 Å². The highest BCUT2D eigenvalue weighted by molar-refractivity contribution is 5.96. The van der Waals surface area contributed by atoms with Gasteiger partial charge in [0, 0.05) is 30.7 Å². The smallest absolute Gasteiger partial charge is 0.326 e. The Hall–Kier alpha value is -2.70. The van der Waals surface area contributed by atoms with Gasteiger partial charge in [0.2, 0.25) is 0 Å². The molecule has 0 unspecified atom stereocenters. The SMILES string of the molecule is O=C(N[C@@H](Cc1cnc[nH]1)C(=O)O)c1cccnc1. The number of amides is 1. The zero-order valence-corrected chi connectivity index (χ0v) is 9.91. The quantitative estimate of drug-likeness (QED) is 0.713. The Balaban J connectivity index is 2.05. The molecule has 0 aliphatic heterocycles. The normalized spacial score (nSPS) is 11.8. The van der Waals surface area contributed by atoms with Crippen molar-refractivity contribution < 1.29 is 14.7 Å². The van der Waals surface area contributed by atoms with Crippen molar-refractivity contribution in [1.82, 2.24) is 20.3 Å². The minimum absolute atomic E-state index is 0.140. The monoisotopic (exact) mass is 260 g/mol. The number of pyridine rings is 1. The fourth-order valence-electron chi connectivity index (χ4n) is 1.55. The Kier molecular flexibility index (Phi) is 3.87. The van der Waals surface area contributed by atoms with Gasteiger partial charge in [-0.2, -0.15) is 0 Å². The van der Waals surface area contributed by atoms with Crippen molar-refractivity contribution >= 4 is 11.9 Å². The van der Waals surface area contributed by atoms with Gasteiger partial charge in [0.05, 0.1) is 11.9 Å². The number of rotatable bonds is 5. The number of carboxylic acids is 1. The maximum Gasteiger partial charge on any atom is 0.326 e. The van der Waals surface area contributed by atoms with Crippen molar-refractivity contribution in [2.45, 2.75) is 12.5 Å². The molecule has 2 aromatic rings. The third-order valence-corrected chi connectivity index (χ3v) is 2.51. The second-order valence-corrected chi connectivity index (χ2v) is 3.89. The van der Waals surface area contributed by atoms with E-state index in [2.05, 4.69) is 20.3 Å². The standard InChI is InChI=1S/C12H12N4O3/c17-11(8-2-1-3-13-5-8)16-10(12(18)19)4-9-6-14-7-15-9/h1-3,5-7,10H,4H2,(H,14,15)(H,16,17)(H,18,19)/t10-/m0/s1. The molecule has 0 saturated heterocycles. The first-order valence-corrected chi connectivity index (χ1v) is 5.58. The number of carbonyl (C=O) groups excluding carboxylic acids is 1. The van der Waals surface area contributed by atoms with E-state index >= 15 is 0 Å². The number of aromatic amines is 1. The van der Waals surface area contributed by atoms with Crippen molar-refractivity contribution in [3.8, 4) is 0 Å². The number of nitrogens with zero attached hydrogens (tertiary/aromatic N) is 2. The molecule has 1 atom stereocenters. The number of hydrogen-bond acceptors (Lipinski definition) is 4. The van der Waals surface area contributed by atoms with Gasteiger partial charge in [0.25, 0.3) is 5.91 Å². The second-order valence-electron chi connectivity index (χ2n) is 3.89. The number of hydrogen-bond donors (Lipinski definition) is 3. The molecule has 0 bridgehead atoms. The highest BCUT2D eigenvalue weighted by Gasteiger charge is 2.21. The Morgan fingerprint density at radius 2 is 2.21 bits per heavy atom. The van der Waals surface area contributed by atoms with Crippen LogP contribution < -0.4 is 5.32 Å². The van der Waals surface area contributed by atoms with E-state index in [-0.39, 0.29) is 6.42 Å². The number of aromatic nitrogens is 3. The molecule has 1 amide bonds. The lowest BCUT2D eigenvalue weighted by atomic mass is 10.1. The van der Waals surface area contributed by atoms with Crippen LogP contribution in [0.1, 0.15) is 16.1 Å². The molecule has 2 aromatic heterocycles. The van der Waals surface area contributed by atoms with E-state index in [1.165, 1.54) is 24.9 Å². The largest absolute Gasteiger partial charge is 0.480 e. The molecular weight excluding hydrogens is 248 g/mol. The molecule has 0 aliphatic carbocycles. The number of carbonyl (C=O) groups is 2. The number of aliphatic carboxylic acids is 1. The molecular formula is C12H12N4O3. The van der Waals surface area contributed by atoms with Gasteiger partial charge in [0.15, 0.2) is 0 Å². The molecule has 7 nitrogen and oxygen atoms in total. The summed E-state index contributed by atoms with van der Waals surface area (Å²) in [6.07, 6.45) is 6.03. The molecule has 7 heteroatoms. The van der Waals surface area contributed by atoms with E-state index in [0.717, 1.165) is 0 Å².